The molecule has 0 aliphatic carbocycles. The second-order valence-electron chi connectivity index (χ2n) is 5.21. The molecule has 0 aliphatic heterocycles. The van der Waals surface area contributed by atoms with E-state index in [0.29, 0.717) is 14.8 Å². The molecule has 1 aromatic carbocycles. The predicted molar refractivity (Wildman–Crippen MR) is 92.4 cm³/mol. The molecular formula is C17H12ClFN2O4S. The summed E-state index contributed by atoms with van der Waals surface area (Å²) in [5, 5.41) is 3.75. The average Bonchev–Trinajstić information content (AvgIpc) is 3.27. The first-order valence-corrected chi connectivity index (χ1v) is 8.73. The van der Waals surface area contributed by atoms with Gasteiger partial charge in [-0.25, -0.2) is 4.39 Å². The van der Waals surface area contributed by atoms with Crippen molar-refractivity contribution < 1.29 is 23.2 Å². The monoisotopic (exact) mass is 394 g/mol. The highest BCUT2D eigenvalue weighted by molar-refractivity contribution is 7.18. The molecular weight excluding hydrogens is 383 g/mol. The average molecular weight is 395 g/mol. The number of ether oxygens (including phenoxy) is 1. The molecule has 3 aromatic rings. The summed E-state index contributed by atoms with van der Waals surface area (Å²) in [5.41, 5.74) is 0.577. The predicted octanol–water partition coefficient (Wildman–Crippen LogP) is 4.30. The normalized spacial score (nSPS) is 10.7. The lowest BCUT2D eigenvalue weighted by Crippen LogP contribution is -2.07. The molecule has 6 nitrogen and oxygen atoms in total. The van der Waals surface area contributed by atoms with Crippen LogP contribution in [0.2, 0.25) is 4.34 Å². The number of nitrogens with zero attached hydrogens (tertiary/aromatic N) is 2. The van der Waals surface area contributed by atoms with Gasteiger partial charge in [-0.1, -0.05) is 16.8 Å². The van der Waals surface area contributed by atoms with Gasteiger partial charge in [-0.2, -0.15) is 4.98 Å². The van der Waals surface area contributed by atoms with E-state index in [-0.39, 0.29) is 42.8 Å². The number of carbonyl (C=O) groups excluding carboxylic acids is 2. The molecule has 2 aromatic heterocycles. The zero-order valence-corrected chi connectivity index (χ0v) is 14.8. The van der Waals surface area contributed by atoms with E-state index in [2.05, 4.69) is 10.1 Å². The van der Waals surface area contributed by atoms with Gasteiger partial charge in [-0.15, -0.1) is 11.3 Å². The number of hydrogen-bond donors (Lipinski definition) is 0. The van der Waals surface area contributed by atoms with Crippen LogP contribution in [0.15, 0.2) is 40.9 Å². The van der Waals surface area contributed by atoms with Crippen LogP contribution in [0.3, 0.4) is 0 Å². The maximum atomic E-state index is 12.9. The van der Waals surface area contributed by atoms with Gasteiger partial charge in [0.05, 0.1) is 15.6 Å². The van der Waals surface area contributed by atoms with E-state index < -0.39 is 5.97 Å². The zero-order chi connectivity index (χ0) is 18.5. The van der Waals surface area contributed by atoms with Gasteiger partial charge in [0.15, 0.2) is 12.4 Å². The highest BCUT2D eigenvalue weighted by atomic mass is 35.5. The molecule has 0 bridgehead atoms. The summed E-state index contributed by atoms with van der Waals surface area (Å²) < 4.78 is 23.4. The minimum absolute atomic E-state index is 0.0281. The summed E-state index contributed by atoms with van der Waals surface area (Å²) in [6.45, 7) is -0.202. The van der Waals surface area contributed by atoms with Crippen LogP contribution in [0.25, 0.3) is 11.4 Å². The van der Waals surface area contributed by atoms with Crippen molar-refractivity contribution in [3.05, 3.63) is 57.3 Å². The number of ketones is 1. The van der Waals surface area contributed by atoms with Crippen molar-refractivity contribution >= 4 is 34.7 Å². The maximum Gasteiger partial charge on any atom is 0.306 e. The van der Waals surface area contributed by atoms with Crippen molar-refractivity contribution in [2.45, 2.75) is 19.4 Å². The first-order chi connectivity index (χ1) is 12.5. The maximum absolute atomic E-state index is 12.9. The molecule has 0 spiro atoms. The van der Waals surface area contributed by atoms with E-state index in [9.17, 15) is 14.0 Å². The summed E-state index contributed by atoms with van der Waals surface area (Å²) in [4.78, 5) is 28.2. The van der Waals surface area contributed by atoms with Crippen LogP contribution in [-0.4, -0.2) is 21.9 Å². The van der Waals surface area contributed by atoms with E-state index >= 15 is 0 Å². The molecule has 0 N–H and O–H groups in total. The molecule has 134 valence electrons. The number of carbonyl (C=O) groups is 2. The minimum atomic E-state index is -0.553. The molecule has 2 heterocycles. The van der Waals surface area contributed by atoms with E-state index in [1.807, 2.05) is 0 Å². The SMILES string of the molecule is O=C(CCC(=O)c1ccc(Cl)s1)OCc1nc(-c2ccc(F)cc2)no1. The van der Waals surface area contributed by atoms with E-state index in [1.54, 1.807) is 12.1 Å². The molecule has 0 aliphatic rings. The largest absolute Gasteiger partial charge is 0.456 e. The lowest BCUT2D eigenvalue weighted by molar-refractivity contribution is -0.145. The molecule has 9 heteroatoms. The molecule has 0 amide bonds. The quantitative estimate of drug-likeness (QED) is 0.439. The van der Waals surface area contributed by atoms with Crippen LogP contribution in [0.4, 0.5) is 4.39 Å². The summed E-state index contributed by atoms with van der Waals surface area (Å²) in [5.74, 6) is -0.724. The molecule has 0 saturated carbocycles. The second kappa shape index (κ2) is 8.20. The van der Waals surface area contributed by atoms with Crippen LogP contribution >= 0.6 is 22.9 Å². The Labute approximate surface area is 156 Å². The van der Waals surface area contributed by atoms with E-state index in [4.69, 9.17) is 20.9 Å². The van der Waals surface area contributed by atoms with Gasteiger partial charge in [0.25, 0.3) is 5.89 Å². The molecule has 26 heavy (non-hydrogen) atoms. The van der Waals surface area contributed by atoms with Crippen molar-refractivity contribution in [2.24, 2.45) is 0 Å². The Morgan fingerprint density at radius 1 is 1.15 bits per heavy atom. The van der Waals surface area contributed by atoms with Gasteiger partial charge in [0.1, 0.15) is 5.82 Å². The number of Topliss-reactive ketones (excluding diaryl/α,β-unsaturated/α-hetero) is 1. The number of benzene rings is 1. The summed E-state index contributed by atoms with van der Waals surface area (Å²) in [7, 11) is 0. The third-order valence-electron chi connectivity index (χ3n) is 3.33. The third kappa shape index (κ3) is 4.74. The van der Waals surface area contributed by atoms with Crippen LogP contribution in [0.1, 0.15) is 28.4 Å². The second-order valence-corrected chi connectivity index (χ2v) is 6.92. The van der Waals surface area contributed by atoms with Crippen molar-refractivity contribution in [3.8, 4) is 11.4 Å². The highest BCUT2D eigenvalue weighted by Crippen LogP contribution is 2.23. The summed E-state index contributed by atoms with van der Waals surface area (Å²) in [6.07, 6.45) is -0.0341. The lowest BCUT2D eigenvalue weighted by atomic mass is 10.2. The van der Waals surface area contributed by atoms with Crippen LogP contribution in [0.5, 0.6) is 0 Å². The lowest BCUT2D eigenvalue weighted by Gasteiger charge is -2.01. The van der Waals surface area contributed by atoms with Gasteiger partial charge in [0.2, 0.25) is 5.82 Å². The number of thiophene rings is 1. The van der Waals surface area contributed by atoms with Gasteiger partial charge in [0, 0.05) is 12.0 Å². The molecule has 3 rings (SSSR count). The first-order valence-electron chi connectivity index (χ1n) is 7.54. The molecule has 0 saturated heterocycles. The Balaban J connectivity index is 1.47. The highest BCUT2D eigenvalue weighted by Gasteiger charge is 2.14. The fourth-order valence-electron chi connectivity index (χ4n) is 2.05. The Morgan fingerprint density at radius 3 is 2.62 bits per heavy atom. The minimum Gasteiger partial charge on any atom is -0.456 e. The van der Waals surface area contributed by atoms with Crippen molar-refractivity contribution in [1.29, 1.82) is 0 Å². The van der Waals surface area contributed by atoms with Crippen molar-refractivity contribution in [3.63, 3.8) is 0 Å². The van der Waals surface area contributed by atoms with E-state index in [1.165, 1.54) is 35.6 Å². The summed E-state index contributed by atoms with van der Waals surface area (Å²) in [6, 6.07) is 8.84. The number of aromatic nitrogens is 2. The standard InChI is InChI=1S/C17H12ClFN2O4S/c18-14-7-6-13(26-14)12(22)5-8-16(23)24-9-15-20-17(21-25-15)10-1-3-11(19)4-2-10/h1-4,6-7H,5,8-9H2. The topological polar surface area (TPSA) is 82.3 Å². The van der Waals surface area contributed by atoms with Gasteiger partial charge in [-0.05, 0) is 36.4 Å². The zero-order valence-electron chi connectivity index (χ0n) is 13.3. The van der Waals surface area contributed by atoms with Crippen molar-refractivity contribution in [1.82, 2.24) is 10.1 Å². The smallest absolute Gasteiger partial charge is 0.306 e. The van der Waals surface area contributed by atoms with Crippen LogP contribution in [-0.2, 0) is 16.1 Å². The van der Waals surface area contributed by atoms with E-state index in [0.717, 1.165) is 0 Å². The molecule has 0 atom stereocenters. The number of halogens is 2. The van der Waals surface area contributed by atoms with Crippen LogP contribution in [0, 0.1) is 5.82 Å². The third-order valence-corrected chi connectivity index (χ3v) is 4.60. The Kier molecular flexibility index (Phi) is 5.75. The fraction of sp³-hybridized carbons (Fsp3) is 0.176. The van der Waals surface area contributed by atoms with Gasteiger partial charge < -0.3 is 9.26 Å². The molecule has 0 radical (unpaired) electrons. The van der Waals surface area contributed by atoms with Crippen molar-refractivity contribution in [2.75, 3.05) is 0 Å². The van der Waals surface area contributed by atoms with Gasteiger partial charge >= 0.3 is 5.97 Å². The number of rotatable bonds is 7. The number of esters is 1. The molecule has 0 fully saturated rings. The summed E-state index contributed by atoms with van der Waals surface area (Å²) >= 11 is 6.94. The first kappa shape index (κ1) is 18.2. The Bertz CT molecular complexity index is 923. The van der Waals surface area contributed by atoms with Gasteiger partial charge in [-0.3, -0.25) is 9.59 Å². The Hall–Kier alpha value is -2.58. The fourth-order valence-corrected chi connectivity index (χ4v) is 3.06. The number of hydrogen-bond acceptors (Lipinski definition) is 7. The van der Waals surface area contributed by atoms with Crippen LogP contribution < -0.4 is 0 Å². The molecule has 0 unspecified atom stereocenters. The Morgan fingerprint density at radius 2 is 1.92 bits per heavy atom.